The van der Waals surface area contributed by atoms with Crippen LogP contribution in [0.2, 0.25) is 0 Å². The molecule has 1 N–H and O–H groups in total. The molecule has 3 rings (SSSR count). The molecule has 0 fully saturated rings. The van der Waals surface area contributed by atoms with E-state index in [0.717, 1.165) is 37.3 Å². The maximum atomic E-state index is 5.37. The Labute approximate surface area is 141 Å². The average Bonchev–Trinajstić information content (AvgIpc) is 3.25. The number of aromatic nitrogens is 4. The molecule has 2 aromatic heterocycles. The lowest BCUT2D eigenvalue weighted by Gasteiger charge is -2.12. The lowest BCUT2D eigenvalue weighted by Crippen LogP contribution is -2.08. The molecule has 126 valence electrons. The predicted octanol–water partition coefficient (Wildman–Crippen LogP) is 3.83. The Morgan fingerprint density at radius 1 is 1.29 bits per heavy atom. The molecule has 2 heterocycles. The highest BCUT2D eigenvalue weighted by atomic mass is 16.5. The van der Waals surface area contributed by atoms with Crippen molar-refractivity contribution in [3.63, 3.8) is 0 Å². The first-order chi connectivity index (χ1) is 11.7. The van der Waals surface area contributed by atoms with Crippen LogP contribution in [0.4, 0.5) is 5.69 Å². The minimum absolute atomic E-state index is 0.0344. The van der Waals surface area contributed by atoms with Gasteiger partial charge in [-0.25, -0.2) is 0 Å². The fourth-order valence-electron chi connectivity index (χ4n) is 2.53. The van der Waals surface area contributed by atoms with Gasteiger partial charge in [0.15, 0.2) is 5.82 Å². The number of aryl methyl sites for hydroxylation is 1. The second-order valence-corrected chi connectivity index (χ2v) is 5.92. The standard InChI is InChI=1S/C18H23N5O/c1-3-4-9-17-21-18(24-22-17)14(2)20-16-8-5-7-15(12-16)13-23-11-6-10-19-23/h5-8,10-12,14,20H,3-4,9,13H2,1-2H3. The minimum atomic E-state index is -0.0344. The fourth-order valence-corrected chi connectivity index (χ4v) is 2.53. The number of hydrogen-bond acceptors (Lipinski definition) is 5. The van der Waals surface area contributed by atoms with E-state index in [2.05, 4.69) is 39.6 Å². The number of benzene rings is 1. The molecule has 0 bridgehead atoms. The summed E-state index contributed by atoms with van der Waals surface area (Å²) in [7, 11) is 0. The highest BCUT2D eigenvalue weighted by Gasteiger charge is 2.14. The van der Waals surface area contributed by atoms with Gasteiger partial charge in [-0.05, 0) is 37.1 Å². The van der Waals surface area contributed by atoms with Gasteiger partial charge in [-0.2, -0.15) is 10.1 Å². The minimum Gasteiger partial charge on any atom is -0.374 e. The maximum absolute atomic E-state index is 5.37. The molecule has 1 aromatic carbocycles. The van der Waals surface area contributed by atoms with Gasteiger partial charge in [-0.15, -0.1) is 0 Å². The Kier molecular flexibility index (Phi) is 5.25. The maximum Gasteiger partial charge on any atom is 0.248 e. The molecular formula is C18H23N5O. The Bertz CT molecular complexity index is 750. The summed E-state index contributed by atoms with van der Waals surface area (Å²) < 4.78 is 7.28. The smallest absolute Gasteiger partial charge is 0.248 e. The van der Waals surface area contributed by atoms with E-state index in [-0.39, 0.29) is 6.04 Å². The summed E-state index contributed by atoms with van der Waals surface area (Å²) in [4.78, 5) is 4.47. The molecule has 6 nitrogen and oxygen atoms in total. The van der Waals surface area contributed by atoms with Crippen LogP contribution in [0.3, 0.4) is 0 Å². The van der Waals surface area contributed by atoms with Crippen molar-refractivity contribution < 1.29 is 4.52 Å². The van der Waals surface area contributed by atoms with Crippen LogP contribution in [0.1, 0.15) is 50.0 Å². The third-order valence-electron chi connectivity index (χ3n) is 3.82. The van der Waals surface area contributed by atoms with Crippen molar-refractivity contribution >= 4 is 5.69 Å². The van der Waals surface area contributed by atoms with Gasteiger partial charge in [0.25, 0.3) is 0 Å². The second-order valence-electron chi connectivity index (χ2n) is 5.92. The van der Waals surface area contributed by atoms with E-state index in [4.69, 9.17) is 4.52 Å². The second kappa shape index (κ2) is 7.77. The molecule has 0 aliphatic carbocycles. The fraction of sp³-hybridized carbons (Fsp3) is 0.389. The third-order valence-corrected chi connectivity index (χ3v) is 3.82. The van der Waals surface area contributed by atoms with Crippen molar-refractivity contribution in [2.24, 2.45) is 0 Å². The van der Waals surface area contributed by atoms with Crippen LogP contribution in [0.5, 0.6) is 0 Å². The van der Waals surface area contributed by atoms with E-state index < -0.39 is 0 Å². The van der Waals surface area contributed by atoms with Crippen molar-refractivity contribution in [1.82, 2.24) is 19.9 Å². The van der Waals surface area contributed by atoms with Crippen molar-refractivity contribution in [1.29, 1.82) is 0 Å². The van der Waals surface area contributed by atoms with Crippen LogP contribution in [0, 0.1) is 0 Å². The van der Waals surface area contributed by atoms with E-state index in [9.17, 15) is 0 Å². The number of nitrogens with one attached hydrogen (secondary N) is 1. The van der Waals surface area contributed by atoms with Crippen LogP contribution < -0.4 is 5.32 Å². The van der Waals surface area contributed by atoms with Gasteiger partial charge in [0.2, 0.25) is 5.89 Å². The molecule has 3 aromatic rings. The molecule has 24 heavy (non-hydrogen) atoms. The quantitative estimate of drug-likeness (QED) is 0.681. The molecule has 0 saturated heterocycles. The zero-order valence-corrected chi connectivity index (χ0v) is 14.1. The van der Waals surface area contributed by atoms with E-state index in [1.807, 2.05) is 36.0 Å². The number of anilines is 1. The summed E-state index contributed by atoms with van der Waals surface area (Å²) >= 11 is 0. The largest absolute Gasteiger partial charge is 0.374 e. The molecule has 0 saturated carbocycles. The van der Waals surface area contributed by atoms with E-state index in [1.54, 1.807) is 6.20 Å². The summed E-state index contributed by atoms with van der Waals surface area (Å²) in [5.41, 5.74) is 2.21. The average molecular weight is 325 g/mol. The van der Waals surface area contributed by atoms with Gasteiger partial charge in [0, 0.05) is 24.5 Å². The first-order valence-electron chi connectivity index (χ1n) is 8.40. The highest BCUT2D eigenvalue weighted by molar-refractivity contribution is 5.46. The summed E-state index contributed by atoms with van der Waals surface area (Å²) in [6.45, 7) is 4.93. The Balaban J connectivity index is 1.63. The van der Waals surface area contributed by atoms with Gasteiger partial charge in [0.05, 0.1) is 6.54 Å². The van der Waals surface area contributed by atoms with Crippen LogP contribution in [-0.2, 0) is 13.0 Å². The van der Waals surface area contributed by atoms with Gasteiger partial charge in [-0.3, -0.25) is 4.68 Å². The number of unbranched alkanes of at least 4 members (excludes halogenated alkanes) is 1. The molecule has 1 unspecified atom stereocenters. The SMILES string of the molecule is CCCCc1noc(C(C)Nc2cccc(Cn3cccn3)c2)n1. The van der Waals surface area contributed by atoms with Gasteiger partial charge in [-0.1, -0.05) is 30.6 Å². The molecule has 0 aliphatic rings. The van der Waals surface area contributed by atoms with Crippen molar-refractivity contribution in [2.45, 2.75) is 45.7 Å². The molecule has 6 heteroatoms. The predicted molar refractivity (Wildman–Crippen MR) is 92.7 cm³/mol. The van der Waals surface area contributed by atoms with Gasteiger partial charge < -0.3 is 9.84 Å². The summed E-state index contributed by atoms with van der Waals surface area (Å²) in [6, 6.07) is 10.2. The van der Waals surface area contributed by atoms with Crippen molar-refractivity contribution in [3.05, 3.63) is 60.0 Å². The summed E-state index contributed by atoms with van der Waals surface area (Å²) in [5, 5.41) is 11.7. The Morgan fingerprint density at radius 3 is 3.00 bits per heavy atom. The molecule has 1 atom stereocenters. The van der Waals surface area contributed by atoms with Crippen LogP contribution in [0.15, 0.2) is 47.2 Å². The van der Waals surface area contributed by atoms with Crippen LogP contribution in [0.25, 0.3) is 0 Å². The molecule has 0 spiro atoms. The van der Waals surface area contributed by atoms with Gasteiger partial charge in [0.1, 0.15) is 6.04 Å². The highest BCUT2D eigenvalue weighted by Crippen LogP contribution is 2.19. The van der Waals surface area contributed by atoms with Crippen LogP contribution in [-0.4, -0.2) is 19.9 Å². The summed E-state index contributed by atoms with van der Waals surface area (Å²) in [5.74, 6) is 1.41. The first-order valence-corrected chi connectivity index (χ1v) is 8.40. The van der Waals surface area contributed by atoms with E-state index in [1.165, 1.54) is 5.56 Å². The van der Waals surface area contributed by atoms with Crippen molar-refractivity contribution in [2.75, 3.05) is 5.32 Å². The zero-order chi connectivity index (χ0) is 16.8. The summed E-state index contributed by atoms with van der Waals surface area (Å²) in [6.07, 6.45) is 6.82. The molecular weight excluding hydrogens is 302 g/mol. The Hall–Kier alpha value is -2.63. The molecule has 0 amide bonds. The number of rotatable bonds is 8. The lowest BCUT2D eigenvalue weighted by molar-refractivity contribution is 0.362. The topological polar surface area (TPSA) is 68.8 Å². The lowest BCUT2D eigenvalue weighted by atomic mass is 10.2. The van der Waals surface area contributed by atoms with Gasteiger partial charge >= 0.3 is 0 Å². The third kappa shape index (κ3) is 4.22. The molecule has 0 radical (unpaired) electrons. The molecule has 0 aliphatic heterocycles. The number of nitrogens with zero attached hydrogens (tertiary/aromatic N) is 4. The zero-order valence-electron chi connectivity index (χ0n) is 14.1. The normalized spacial score (nSPS) is 12.2. The first kappa shape index (κ1) is 16.2. The monoisotopic (exact) mass is 325 g/mol. The number of hydrogen-bond donors (Lipinski definition) is 1. The van der Waals surface area contributed by atoms with E-state index >= 15 is 0 Å². The van der Waals surface area contributed by atoms with Crippen LogP contribution >= 0.6 is 0 Å². The van der Waals surface area contributed by atoms with E-state index in [0.29, 0.717) is 5.89 Å². The van der Waals surface area contributed by atoms with Crippen molar-refractivity contribution in [3.8, 4) is 0 Å². The Morgan fingerprint density at radius 2 is 2.21 bits per heavy atom.